The second-order valence-electron chi connectivity index (χ2n) is 9.87. The van der Waals surface area contributed by atoms with Gasteiger partial charge in [0.05, 0.1) is 0 Å². The van der Waals surface area contributed by atoms with E-state index in [1.54, 1.807) is 6.08 Å². The highest BCUT2D eigenvalue weighted by atomic mass is 16.1. The van der Waals surface area contributed by atoms with E-state index in [4.69, 9.17) is 0 Å². The zero-order valence-corrected chi connectivity index (χ0v) is 21.8. The van der Waals surface area contributed by atoms with Crippen molar-refractivity contribution in [1.29, 1.82) is 0 Å². The fourth-order valence-corrected chi connectivity index (χ4v) is 4.98. The number of fused-ring (bicyclic) bond motifs is 3. The minimum atomic E-state index is -0.0422. The Morgan fingerprint density at radius 2 is 1.43 bits per heavy atom. The van der Waals surface area contributed by atoms with Gasteiger partial charge in [-0.3, -0.25) is 9.59 Å². The smallest absolute Gasteiger partial charge is 0.193 e. The number of rotatable bonds is 7. The average Bonchev–Trinajstić information content (AvgIpc) is 3.24. The highest BCUT2D eigenvalue weighted by Crippen LogP contribution is 2.32. The highest BCUT2D eigenvalue weighted by molar-refractivity contribution is 6.17. The molecule has 0 spiro atoms. The lowest BCUT2D eigenvalue weighted by molar-refractivity contribution is 0.103. The molecule has 0 aliphatic carbocycles. The number of hydrogen-bond acceptors (Lipinski definition) is 2. The van der Waals surface area contributed by atoms with Gasteiger partial charge in [-0.15, -0.1) is 0 Å². The highest BCUT2D eigenvalue weighted by Gasteiger charge is 2.16. The quantitative estimate of drug-likeness (QED) is 0.172. The fourth-order valence-electron chi connectivity index (χ4n) is 4.98. The van der Waals surface area contributed by atoms with Crippen molar-refractivity contribution in [2.75, 3.05) is 0 Å². The van der Waals surface area contributed by atoms with Crippen molar-refractivity contribution in [1.82, 2.24) is 4.57 Å². The van der Waals surface area contributed by atoms with Crippen LogP contribution in [-0.4, -0.2) is 16.1 Å². The predicted octanol–water partition coefficient (Wildman–Crippen LogP) is 8.37. The van der Waals surface area contributed by atoms with Crippen LogP contribution in [-0.2, 0) is 6.54 Å². The Bertz CT molecular complexity index is 1670. The zero-order valence-electron chi connectivity index (χ0n) is 21.8. The zero-order chi connectivity index (χ0) is 26.1. The second kappa shape index (κ2) is 10.0. The molecule has 5 aromatic rings. The molecule has 0 N–H and O–H groups in total. The van der Waals surface area contributed by atoms with Crippen molar-refractivity contribution in [3.05, 3.63) is 124 Å². The summed E-state index contributed by atoms with van der Waals surface area (Å²) in [5, 5.41) is 1.97. The first-order valence-corrected chi connectivity index (χ1v) is 12.9. The Balaban J connectivity index is 1.53. The summed E-state index contributed by atoms with van der Waals surface area (Å²) in [5.41, 5.74) is 7.35. The Labute approximate surface area is 218 Å². The van der Waals surface area contributed by atoms with Gasteiger partial charge in [0.15, 0.2) is 11.6 Å². The third-order valence-corrected chi connectivity index (χ3v) is 7.15. The third-order valence-electron chi connectivity index (χ3n) is 7.15. The lowest BCUT2D eigenvalue weighted by Gasteiger charge is -2.06. The normalized spacial score (nSPS) is 11.7. The molecule has 0 saturated heterocycles. The van der Waals surface area contributed by atoms with Gasteiger partial charge >= 0.3 is 0 Å². The molecule has 184 valence electrons. The van der Waals surface area contributed by atoms with Crippen molar-refractivity contribution in [3.63, 3.8) is 0 Å². The third kappa shape index (κ3) is 4.65. The van der Waals surface area contributed by atoms with Crippen LogP contribution in [0, 0.1) is 6.92 Å². The van der Waals surface area contributed by atoms with Crippen LogP contribution in [0.2, 0.25) is 0 Å². The van der Waals surface area contributed by atoms with Crippen LogP contribution in [0.5, 0.6) is 0 Å². The Morgan fingerprint density at radius 1 is 0.811 bits per heavy atom. The summed E-state index contributed by atoms with van der Waals surface area (Å²) in [6.07, 6.45) is 3.50. The van der Waals surface area contributed by atoms with E-state index in [1.165, 1.54) is 5.56 Å². The maximum atomic E-state index is 13.3. The molecule has 1 heterocycles. The second-order valence-corrected chi connectivity index (χ2v) is 9.87. The lowest BCUT2D eigenvalue weighted by atomic mass is 9.97. The number of carbonyl (C=O) groups excluding carboxylic acids is 2. The molecule has 0 aliphatic heterocycles. The first kappa shape index (κ1) is 24.5. The minimum Gasteiger partial charge on any atom is -0.341 e. The van der Waals surface area contributed by atoms with Gasteiger partial charge in [0, 0.05) is 45.0 Å². The summed E-state index contributed by atoms with van der Waals surface area (Å²) >= 11 is 0. The van der Waals surface area contributed by atoms with E-state index in [9.17, 15) is 9.59 Å². The van der Waals surface area contributed by atoms with Crippen LogP contribution in [0.1, 0.15) is 69.7 Å². The number of benzene rings is 4. The molecule has 37 heavy (non-hydrogen) atoms. The molecule has 4 aromatic carbocycles. The van der Waals surface area contributed by atoms with Crippen LogP contribution < -0.4 is 0 Å². The molecule has 0 fully saturated rings. The molecule has 3 heteroatoms. The Morgan fingerprint density at radius 3 is 2.05 bits per heavy atom. The van der Waals surface area contributed by atoms with E-state index in [2.05, 4.69) is 37.5 Å². The van der Waals surface area contributed by atoms with E-state index in [0.29, 0.717) is 22.6 Å². The fraction of sp³-hybridized carbons (Fsp3) is 0.176. The molecular weight excluding hydrogens is 454 g/mol. The molecule has 0 bridgehead atoms. The van der Waals surface area contributed by atoms with Crippen molar-refractivity contribution in [3.8, 4) is 0 Å². The van der Waals surface area contributed by atoms with Crippen LogP contribution >= 0.6 is 0 Å². The van der Waals surface area contributed by atoms with Crippen molar-refractivity contribution in [2.24, 2.45) is 0 Å². The molecule has 0 saturated carbocycles. The van der Waals surface area contributed by atoms with Crippen LogP contribution in [0.15, 0.2) is 91.0 Å². The number of aromatic nitrogens is 1. The van der Waals surface area contributed by atoms with Crippen molar-refractivity contribution < 1.29 is 9.59 Å². The van der Waals surface area contributed by atoms with Crippen LogP contribution in [0.3, 0.4) is 0 Å². The molecule has 0 atom stereocenters. The van der Waals surface area contributed by atoms with E-state index < -0.39 is 0 Å². The largest absolute Gasteiger partial charge is 0.341 e. The summed E-state index contributed by atoms with van der Waals surface area (Å²) in [6.45, 7) is 9.20. The summed E-state index contributed by atoms with van der Waals surface area (Å²) in [6, 6.07) is 27.7. The monoisotopic (exact) mass is 485 g/mol. The molecule has 0 amide bonds. The molecule has 5 rings (SSSR count). The lowest BCUT2D eigenvalue weighted by Crippen LogP contribution is -2.03. The Hall–Kier alpha value is -4.24. The van der Waals surface area contributed by atoms with E-state index >= 15 is 0 Å². The van der Waals surface area contributed by atoms with Gasteiger partial charge in [-0.1, -0.05) is 68.5 Å². The van der Waals surface area contributed by atoms with Gasteiger partial charge in [0.25, 0.3) is 0 Å². The SMILES string of the molecule is CCn1c2ccc(C(=O)/C=C/c3ccc(C(C)C)cc3)cc2c2cc(C(=O)c3ccccc3C)ccc21. The summed E-state index contributed by atoms with van der Waals surface area (Å²) in [4.78, 5) is 26.4. The molecule has 0 radical (unpaired) electrons. The standard InChI is InChI=1S/C34H31NO2/c1-5-35-31-17-15-26(33(36)19-12-24-10-13-25(14-11-24)22(2)3)20-29(31)30-21-27(16-18-32(30)35)34(37)28-9-7-6-8-23(28)4/h6-22H,5H2,1-4H3/b19-12+. The first-order chi connectivity index (χ1) is 17.9. The summed E-state index contributed by atoms with van der Waals surface area (Å²) in [5.74, 6) is 0.444. The Kier molecular flexibility index (Phi) is 6.62. The van der Waals surface area contributed by atoms with Gasteiger partial charge in [0.1, 0.15) is 0 Å². The molecular formula is C34H31NO2. The number of allylic oxidation sites excluding steroid dienone is 1. The number of nitrogens with zero attached hydrogens (tertiary/aromatic N) is 1. The van der Waals surface area contributed by atoms with Crippen LogP contribution in [0.4, 0.5) is 0 Å². The maximum Gasteiger partial charge on any atom is 0.193 e. The average molecular weight is 486 g/mol. The van der Waals surface area contributed by atoms with E-state index in [1.807, 2.05) is 85.8 Å². The topological polar surface area (TPSA) is 39.1 Å². The number of hydrogen-bond donors (Lipinski definition) is 0. The number of carbonyl (C=O) groups is 2. The number of aryl methyl sites for hydroxylation is 2. The summed E-state index contributed by atoms with van der Waals surface area (Å²) in [7, 11) is 0. The molecule has 3 nitrogen and oxygen atoms in total. The van der Waals surface area contributed by atoms with Crippen molar-refractivity contribution >= 4 is 39.4 Å². The molecule has 1 aromatic heterocycles. The van der Waals surface area contributed by atoms with Gasteiger partial charge in [0.2, 0.25) is 0 Å². The number of ketones is 2. The first-order valence-electron chi connectivity index (χ1n) is 12.9. The maximum absolute atomic E-state index is 13.3. The van der Waals surface area contributed by atoms with E-state index in [0.717, 1.165) is 39.5 Å². The van der Waals surface area contributed by atoms with Gasteiger partial charge in [-0.25, -0.2) is 0 Å². The predicted molar refractivity (Wildman–Crippen MR) is 154 cm³/mol. The molecule has 0 aliphatic rings. The molecule has 0 unspecified atom stereocenters. The van der Waals surface area contributed by atoms with Gasteiger partial charge < -0.3 is 4.57 Å². The van der Waals surface area contributed by atoms with Gasteiger partial charge in [-0.05, 0) is 78.9 Å². The van der Waals surface area contributed by atoms with E-state index in [-0.39, 0.29) is 11.6 Å². The minimum absolute atomic E-state index is 0.0102. The summed E-state index contributed by atoms with van der Waals surface area (Å²) < 4.78 is 2.23. The van der Waals surface area contributed by atoms with Gasteiger partial charge in [-0.2, -0.15) is 0 Å². The van der Waals surface area contributed by atoms with Crippen molar-refractivity contribution in [2.45, 2.75) is 40.2 Å². The van der Waals surface area contributed by atoms with Crippen LogP contribution in [0.25, 0.3) is 27.9 Å².